The van der Waals surface area contributed by atoms with Gasteiger partial charge >= 0.3 is 5.97 Å². The zero-order valence-electron chi connectivity index (χ0n) is 16.8. The van der Waals surface area contributed by atoms with Gasteiger partial charge in [0, 0.05) is 10.9 Å². The molecule has 3 aromatic carbocycles. The Morgan fingerprint density at radius 1 is 0.867 bits per heavy atom. The normalized spacial score (nSPS) is 14.2. The van der Waals surface area contributed by atoms with E-state index in [0.29, 0.717) is 39.3 Å². The molecule has 5 rings (SSSR count). The summed E-state index contributed by atoms with van der Waals surface area (Å²) in [7, 11) is 0. The second-order valence-electron chi connectivity index (χ2n) is 8.14. The van der Waals surface area contributed by atoms with Crippen LogP contribution >= 0.6 is 0 Å². The summed E-state index contributed by atoms with van der Waals surface area (Å²) in [5, 5.41) is 11.9. The minimum Gasteiger partial charge on any atom is -0.507 e. The molecule has 0 spiro atoms. The van der Waals surface area contributed by atoms with Gasteiger partial charge in [0.1, 0.15) is 11.4 Å². The fraction of sp³-hybridized carbons (Fsp3) is 0.261. The lowest BCUT2D eigenvalue weighted by atomic mass is 9.92. The highest BCUT2D eigenvalue weighted by Gasteiger charge is 2.27. The molecule has 0 fully saturated rings. The van der Waals surface area contributed by atoms with Crippen LogP contribution in [0.2, 0.25) is 0 Å². The molecule has 2 aliphatic rings. The Morgan fingerprint density at radius 3 is 2.13 bits per heavy atom. The standard InChI is InChI=1S/C23H20O7/c1-23(2,3)30-22(25)15-7-16(24)13-8-19-20(29-11-28-19)9-14(13)21(15)12-4-5-17-18(6-12)27-10-26-17/h4-9,24H,10-11H2,1-3H3. The molecule has 2 heterocycles. The van der Waals surface area contributed by atoms with E-state index in [2.05, 4.69) is 0 Å². The molecule has 3 aromatic rings. The van der Waals surface area contributed by atoms with Crippen molar-refractivity contribution in [3.05, 3.63) is 42.0 Å². The van der Waals surface area contributed by atoms with E-state index in [-0.39, 0.29) is 24.9 Å². The Kier molecular flexibility index (Phi) is 3.96. The van der Waals surface area contributed by atoms with Gasteiger partial charge in [-0.2, -0.15) is 0 Å². The van der Waals surface area contributed by atoms with Crippen molar-refractivity contribution in [3.8, 4) is 39.9 Å². The average molecular weight is 408 g/mol. The van der Waals surface area contributed by atoms with Crippen LogP contribution in [-0.2, 0) is 4.74 Å². The molecule has 1 N–H and O–H groups in total. The average Bonchev–Trinajstić information content (AvgIpc) is 3.33. The van der Waals surface area contributed by atoms with E-state index in [1.807, 2.05) is 12.1 Å². The summed E-state index contributed by atoms with van der Waals surface area (Å²) in [6.07, 6.45) is 0. The Balaban J connectivity index is 1.79. The van der Waals surface area contributed by atoms with Crippen molar-refractivity contribution >= 4 is 16.7 Å². The number of hydrogen-bond acceptors (Lipinski definition) is 7. The lowest BCUT2D eigenvalue weighted by Crippen LogP contribution is -2.24. The molecule has 0 amide bonds. The van der Waals surface area contributed by atoms with Crippen molar-refractivity contribution in [1.82, 2.24) is 0 Å². The maximum atomic E-state index is 13.1. The maximum Gasteiger partial charge on any atom is 0.339 e. The Hall–Kier alpha value is -3.61. The minimum absolute atomic E-state index is 0.0475. The van der Waals surface area contributed by atoms with E-state index in [1.54, 1.807) is 39.0 Å². The SMILES string of the molecule is CC(C)(C)OC(=O)c1cc(O)c2cc3c(cc2c1-c1ccc2c(c1)OCO2)OCO3. The molecule has 154 valence electrons. The van der Waals surface area contributed by atoms with E-state index >= 15 is 0 Å². The summed E-state index contributed by atoms with van der Waals surface area (Å²) in [4.78, 5) is 13.1. The van der Waals surface area contributed by atoms with Crippen molar-refractivity contribution in [1.29, 1.82) is 0 Å². The number of ether oxygens (including phenoxy) is 5. The third-order valence-electron chi connectivity index (χ3n) is 4.89. The summed E-state index contributed by atoms with van der Waals surface area (Å²) in [5.41, 5.74) is 0.883. The smallest absolute Gasteiger partial charge is 0.339 e. The third-order valence-corrected chi connectivity index (χ3v) is 4.89. The van der Waals surface area contributed by atoms with Crippen LogP contribution in [0, 0.1) is 0 Å². The first-order chi connectivity index (χ1) is 14.3. The van der Waals surface area contributed by atoms with Crippen molar-refractivity contribution in [2.24, 2.45) is 0 Å². The van der Waals surface area contributed by atoms with Gasteiger partial charge in [0.15, 0.2) is 23.0 Å². The predicted molar refractivity (Wildman–Crippen MR) is 108 cm³/mol. The highest BCUT2D eigenvalue weighted by Crippen LogP contribution is 2.46. The molecule has 0 aliphatic carbocycles. The molecule has 0 unspecified atom stereocenters. The van der Waals surface area contributed by atoms with Crippen molar-refractivity contribution in [3.63, 3.8) is 0 Å². The number of fused-ring (bicyclic) bond motifs is 3. The van der Waals surface area contributed by atoms with E-state index in [1.165, 1.54) is 6.07 Å². The van der Waals surface area contributed by atoms with Gasteiger partial charge in [-0.25, -0.2) is 4.79 Å². The van der Waals surface area contributed by atoms with Crippen LogP contribution in [0.15, 0.2) is 36.4 Å². The van der Waals surface area contributed by atoms with Crippen LogP contribution in [0.4, 0.5) is 0 Å². The molecule has 0 atom stereocenters. The fourth-order valence-electron chi connectivity index (χ4n) is 3.65. The predicted octanol–water partition coefficient (Wildman–Crippen LogP) is 4.63. The molecule has 2 aliphatic heterocycles. The highest BCUT2D eigenvalue weighted by molar-refractivity contribution is 6.11. The van der Waals surface area contributed by atoms with E-state index in [4.69, 9.17) is 23.7 Å². The quantitative estimate of drug-likeness (QED) is 0.619. The first kappa shape index (κ1) is 18.4. The van der Waals surface area contributed by atoms with Gasteiger partial charge in [0.05, 0.1) is 5.56 Å². The molecule has 0 saturated carbocycles. The van der Waals surface area contributed by atoms with E-state index in [9.17, 15) is 9.90 Å². The van der Waals surface area contributed by atoms with Gasteiger partial charge in [-0.15, -0.1) is 0 Å². The first-order valence-corrected chi connectivity index (χ1v) is 9.53. The van der Waals surface area contributed by atoms with Gasteiger partial charge in [0.2, 0.25) is 13.6 Å². The van der Waals surface area contributed by atoms with Gasteiger partial charge < -0.3 is 28.8 Å². The number of esters is 1. The van der Waals surface area contributed by atoms with Crippen LogP contribution in [0.25, 0.3) is 21.9 Å². The van der Waals surface area contributed by atoms with E-state index < -0.39 is 11.6 Å². The molecule has 0 bridgehead atoms. The Bertz CT molecular complexity index is 1190. The Morgan fingerprint density at radius 2 is 1.47 bits per heavy atom. The van der Waals surface area contributed by atoms with Gasteiger partial charge in [-0.3, -0.25) is 0 Å². The number of hydrogen-bond donors (Lipinski definition) is 1. The molecular formula is C23H20O7. The van der Waals surface area contributed by atoms with Gasteiger partial charge in [0.25, 0.3) is 0 Å². The van der Waals surface area contributed by atoms with Crippen molar-refractivity contribution < 1.29 is 33.6 Å². The molecule has 7 heteroatoms. The van der Waals surface area contributed by atoms with Crippen LogP contribution < -0.4 is 18.9 Å². The number of aromatic hydroxyl groups is 1. The number of rotatable bonds is 2. The number of phenols is 1. The monoisotopic (exact) mass is 408 g/mol. The topological polar surface area (TPSA) is 83.5 Å². The largest absolute Gasteiger partial charge is 0.507 e. The van der Waals surface area contributed by atoms with Gasteiger partial charge in [-0.1, -0.05) is 6.07 Å². The molecule has 0 aromatic heterocycles. The third kappa shape index (κ3) is 3.03. The zero-order valence-corrected chi connectivity index (χ0v) is 16.8. The molecule has 30 heavy (non-hydrogen) atoms. The number of benzene rings is 3. The lowest BCUT2D eigenvalue weighted by Gasteiger charge is -2.22. The minimum atomic E-state index is -0.692. The summed E-state index contributed by atoms with van der Waals surface area (Å²) in [5.74, 6) is 1.73. The molecular weight excluding hydrogens is 388 g/mol. The van der Waals surface area contributed by atoms with Crippen molar-refractivity contribution in [2.45, 2.75) is 26.4 Å². The molecule has 7 nitrogen and oxygen atoms in total. The molecule has 0 radical (unpaired) electrons. The number of carbonyl (C=O) groups excluding carboxylic acids is 1. The zero-order chi connectivity index (χ0) is 21.0. The summed E-state index contributed by atoms with van der Waals surface area (Å²) in [6.45, 7) is 5.63. The van der Waals surface area contributed by atoms with E-state index in [0.717, 1.165) is 5.56 Å². The first-order valence-electron chi connectivity index (χ1n) is 9.53. The Labute approximate surface area is 172 Å². The van der Waals surface area contributed by atoms with Crippen LogP contribution in [0.5, 0.6) is 28.7 Å². The van der Waals surface area contributed by atoms with Gasteiger partial charge in [-0.05, 0) is 62.1 Å². The lowest BCUT2D eigenvalue weighted by molar-refractivity contribution is 0.00701. The summed E-state index contributed by atoms with van der Waals surface area (Å²) < 4.78 is 27.5. The van der Waals surface area contributed by atoms with Crippen LogP contribution in [0.1, 0.15) is 31.1 Å². The highest BCUT2D eigenvalue weighted by atomic mass is 16.7. The maximum absolute atomic E-state index is 13.1. The molecule has 0 saturated heterocycles. The second-order valence-corrected chi connectivity index (χ2v) is 8.14. The van der Waals surface area contributed by atoms with Crippen LogP contribution in [0.3, 0.4) is 0 Å². The number of phenolic OH excluding ortho intramolecular Hbond substituents is 1. The van der Waals surface area contributed by atoms with Crippen LogP contribution in [-0.4, -0.2) is 30.3 Å². The number of carbonyl (C=O) groups is 1. The fourth-order valence-corrected chi connectivity index (χ4v) is 3.65. The summed E-state index contributed by atoms with van der Waals surface area (Å²) in [6, 6.07) is 10.4. The second kappa shape index (κ2) is 6.45. The summed E-state index contributed by atoms with van der Waals surface area (Å²) >= 11 is 0. The van der Waals surface area contributed by atoms with Crippen molar-refractivity contribution in [2.75, 3.05) is 13.6 Å².